The molecule has 1 aromatic heterocycles. The summed E-state index contributed by atoms with van der Waals surface area (Å²) in [6.07, 6.45) is 0. The van der Waals surface area contributed by atoms with Crippen molar-refractivity contribution in [3.8, 4) is 0 Å². The molecular formula is C16H24N4O. The van der Waals surface area contributed by atoms with E-state index >= 15 is 0 Å². The lowest BCUT2D eigenvalue weighted by Crippen LogP contribution is -2.53. The van der Waals surface area contributed by atoms with Gasteiger partial charge in [0.05, 0.1) is 16.6 Å². The molecule has 21 heavy (non-hydrogen) atoms. The van der Waals surface area contributed by atoms with Crippen molar-refractivity contribution in [2.75, 3.05) is 13.1 Å². The number of carbonyl (C=O) groups excluding carboxylic acids is 1. The maximum Gasteiger partial charge on any atom is 0.239 e. The third-order valence-electron chi connectivity index (χ3n) is 3.65. The van der Waals surface area contributed by atoms with E-state index in [1.165, 1.54) is 0 Å². The third kappa shape index (κ3) is 3.42. The minimum absolute atomic E-state index is 0.0198. The molecule has 0 aliphatic rings. The van der Waals surface area contributed by atoms with E-state index in [0.29, 0.717) is 6.54 Å². The highest BCUT2D eigenvalue weighted by Gasteiger charge is 2.25. The summed E-state index contributed by atoms with van der Waals surface area (Å²) in [5, 5.41) is 6.16. The number of nitrogens with one attached hydrogen (secondary N) is 2. The smallest absolute Gasteiger partial charge is 0.239 e. The summed E-state index contributed by atoms with van der Waals surface area (Å²) in [7, 11) is 0. The molecule has 1 amide bonds. The lowest BCUT2D eigenvalue weighted by Gasteiger charge is -2.24. The van der Waals surface area contributed by atoms with E-state index in [1.807, 2.05) is 45.9 Å². The summed E-state index contributed by atoms with van der Waals surface area (Å²) in [5.41, 5.74) is 1.56. The van der Waals surface area contributed by atoms with Crippen LogP contribution in [0.25, 0.3) is 11.0 Å². The van der Waals surface area contributed by atoms with Crippen molar-refractivity contribution >= 4 is 16.9 Å². The number of hydrogen-bond donors (Lipinski definition) is 2. The highest BCUT2D eigenvalue weighted by Crippen LogP contribution is 2.14. The summed E-state index contributed by atoms with van der Waals surface area (Å²) in [4.78, 5) is 16.7. The van der Waals surface area contributed by atoms with Gasteiger partial charge in [-0.1, -0.05) is 19.1 Å². The molecule has 0 atom stereocenters. The van der Waals surface area contributed by atoms with E-state index in [9.17, 15) is 4.79 Å². The van der Waals surface area contributed by atoms with Gasteiger partial charge in [-0.3, -0.25) is 4.79 Å². The van der Waals surface area contributed by atoms with Gasteiger partial charge >= 0.3 is 0 Å². The third-order valence-corrected chi connectivity index (χ3v) is 3.65. The predicted octanol–water partition coefficient (Wildman–Crippen LogP) is 1.85. The maximum absolute atomic E-state index is 12.1. The van der Waals surface area contributed by atoms with Crippen molar-refractivity contribution < 1.29 is 4.79 Å². The number of carbonyl (C=O) groups is 1. The topological polar surface area (TPSA) is 59.0 Å². The molecule has 0 saturated carbocycles. The number of aryl methyl sites for hydroxylation is 1. The molecule has 2 aromatic rings. The van der Waals surface area contributed by atoms with Crippen LogP contribution in [0.4, 0.5) is 0 Å². The Bertz CT molecular complexity index is 630. The quantitative estimate of drug-likeness (QED) is 0.853. The van der Waals surface area contributed by atoms with Gasteiger partial charge in [0.1, 0.15) is 5.82 Å². The molecule has 0 aliphatic carbocycles. The lowest BCUT2D eigenvalue weighted by atomic mass is 10.0. The van der Waals surface area contributed by atoms with Crippen LogP contribution < -0.4 is 10.6 Å². The Morgan fingerprint density at radius 1 is 1.33 bits per heavy atom. The molecule has 0 bridgehead atoms. The molecule has 0 unspecified atom stereocenters. The van der Waals surface area contributed by atoms with E-state index in [-0.39, 0.29) is 5.91 Å². The van der Waals surface area contributed by atoms with Crippen molar-refractivity contribution in [2.45, 2.75) is 39.8 Å². The second-order valence-electron chi connectivity index (χ2n) is 5.71. The normalized spacial score (nSPS) is 11.8. The number of hydrogen-bond acceptors (Lipinski definition) is 3. The van der Waals surface area contributed by atoms with E-state index in [0.717, 1.165) is 29.9 Å². The highest BCUT2D eigenvalue weighted by molar-refractivity contribution is 5.85. The fourth-order valence-corrected chi connectivity index (χ4v) is 2.50. The van der Waals surface area contributed by atoms with Gasteiger partial charge in [-0.25, -0.2) is 4.98 Å². The maximum atomic E-state index is 12.1. The second-order valence-corrected chi connectivity index (χ2v) is 5.71. The van der Waals surface area contributed by atoms with Gasteiger partial charge in [0, 0.05) is 13.1 Å². The molecule has 5 heteroatoms. The van der Waals surface area contributed by atoms with Crippen LogP contribution in [0.2, 0.25) is 0 Å². The van der Waals surface area contributed by atoms with E-state index in [4.69, 9.17) is 0 Å². The first kappa shape index (κ1) is 15.5. The van der Waals surface area contributed by atoms with Crippen LogP contribution in [0.1, 0.15) is 26.6 Å². The summed E-state index contributed by atoms with van der Waals surface area (Å²) in [6, 6.07) is 8.05. The number of amides is 1. The molecule has 1 heterocycles. The summed E-state index contributed by atoms with van der Waals surface area (Å²) in [6.45, 7) is 9.86. The van der Waals surface area contributed by atoms with Crippen molar-refractivity contribution in [3.63, 3.8) is 0 Å². The minimum atomic E-state index is -0.541. The van der Waals surface area contributed by atoms with Crippen LogP contribution in [0.3, 0.4) is 0 Å². The largest absolute Gasteiger partial charge is 0.353 e. The van der Waals surface area contributed by atoms with Gasteiger partial charge in [0.2, 0.25) is 5.91 Å². The molecule has 2 rings (SSSR count). The Balaban J connectivity index is 2.00. The summed E-state index contributed by atoms with van der Waals surface area (Å²) < 4.78 is 2.13. The van der Waals surface area contributed by atoms with Gasteiger partial charge in [0.15, 0.2) is 0 Å². The van der Waals surface area contributed by atoms with Crippen LogP contribution in [0.5, 0.6) is 0 Å². The molecule has 5 nitrogen and oxygen atoms in total. The number of aromatic nitrogens is 2. The van der Waals surface area contributed by atoms with Crippen LogP contribution in [0, 0.1) is 6.92 Å². The first-order valence-electron chi connectivity index (χ1n) is 7.41. The Morgan fingerprint density at radius 3 is 2.76 bits per heavy atom. The van der Waals surface area contributed by atoms with Crippen molar-refractivity contribution in [3.05, 3.63) is 30.1 Å². The SMILES string of the molecule is CCNC(C)(C)C(=O)NCCn1c(C)nc2ccccc21. The Hall–Kier alpha value is -1.88. The molecular weight excluding hydrogens is 264 g/mol. The average molecular weight is 288 g/mol. The van der Waals surface area contributed by atoms with Crippen LogP contribution in [-0.2, 0) is 11.3 Å². The van der Waals surface area contributed by atoms with Gasteiger partial charge in [0.25, 0.3) is 0 Å². The van der Waals surface area contributed by atoms with Crippen LogP contribution in [-0.4, -0.2) is 34.1 Å². The molecule has 0 radical (unpaired) electrons. The Kier molecular flexibility index (Phi) is 4.63. The zero-order valence-corrected chi connectivity index (χ0v) is 13.2. The lowest BCUT2D eigenvalue weighted by molar-refractivity contribution is -0.126. The van der Waals surface area contributed by atoms with Crippen molar-refractivity contribution in [1.82, 2.24) is 20.2 Å². The Morgan fingerprint density at radius 2 is 2.05 bits per heavy atom. The van der Waals surface area contributed by atoms with E-state index in [2.05, 4.69) is 26.3 Å². The monoisotopic (exact) mass is 288 g/mol. The number of likely N-dealkylation sites (N-methyl/N-ethyl adjacent to an activating group) is 1. The standard InChI is InChI=1S/C16H24N4O/c1-5-18-16(3,4)15(21)17-10-11-20-12(2)19-13-8-6-7-9-14(13)20/h6-9,18H,5,10-11H2,1-4H3,(H,17,21). The van der Waals surface area contributed by atoms with Gasteiger partial charge in [-0.15, -0.1) is 0 Å². The predicted molar refractivity (Wildman–Crippen MR) is 85.2 cm³/mol. The molecule has 2 N–H and O–H groups in total. The first-order chi connectivity index (χ1) is 9.95. The highest BCUT2D eigenvalue weighted by atomic mass is 16.2. The molecule has 114 valence electrons. The van der Waals surface area contributed by atoms with Gasteiger partial charge < -0.3 is 15.2 Å². The van der Waals surface area contributed by atoms with E-state index in [1.54, 1.807) is 0 Å². The van der Waals surface area contributed by atoms with E-state index < -0.39 is 5.54 Å². The number of nitrogens with zero attached hydrogens (tertiary/aromatic N) is 2. The van der Waals surface area contributed by atoms with Gasteiger partial charge in [-0.05, 0) is 39.4 Å². The molecule has 0 saturated heterocycles. The fraction of sp³-hybridized carbons (Fsp3) is 0.500. The zero-order chi connectivity index (χ0) is 15.5. The van der Waals surface area contributed by atoms with Crippen molar-refractivity contribution in [1.29, 1.82) is 0 Å². The zero-order valence-electron chi connectivity index (χ0n) is 13.2. The summed E-state index contributed by atoms with van der Waals surface area (Å²) in [5.74, 6) is 0.989. The van der Waals surface area contributed by atoms with Crippen molar-refractivity contribution in [2.24, 2.45) is 0 Å². The number of imidazole rings is 1. The molecule has 0 aliphatic heterocycles. The molecule has 0 spiro atoms. The van der Waals surface area contributed by atoms with Crippen LogP contribution in [0.15, 0.2) is 24.3 Å². The second kappa shape index (κ2) is 6.26. The number of benzene rings is 1. The van der Waals surface area contributed by atoms with Gasteiger partial charge in [-0.2, -0.15) is 0 Å². The number of para-hydroxylation sites is 2. The average Bonchev–Trinajstić information content (AvgIpc) is 2.75. The Labute approximate surface area is 125 Å². The van der Waals surface area contributed by atoms with Crippen LogP contribution >= 0.6 is 0 Å². The summed E-state index contributed by atoms with van der Waals surface area (Å²) >= 11 is 0. The molecule has 1 aromatic carbocycles. The number of rotatable bonds is 6. The molecule has 0 fully saturated rings. The first-order valence-corrected chi connectivity index (χ1v) is 7.41. The number of fused-ring (bicyclic) bond motifs is 1. The minimum Gasteiger partial charge on any atom is -0.353 e. The fourth-order valence-electron chi connectivity index (χ4n) is 2.50.